The molecule has 0 saturated carbocycles. The molecule has 0 aromatic heterocycles. The highest BCUT2D eigenvalue weighted by Crippen LogP contribution is 2.42. The van der Waals surface area contributed by atoms with Gasteiger partial charge in [-0.15, -0.1) is 0 Å². The van der Waals surface area contributed by atoms with Crippen LogP contribution < -0.4 is 0 Å². The third-order valence-electron chi connectivity index (χ3n) is 4.53. The van der Waals surface area contributed by atoms with Crippen molar-refractivity contribution in [3.05, 3.63) is 47.5 Å². The molecule has 0 amide bonds. The summed E-state index contributed by atoms with van der Waals surface area (Å²) in [5, 5.41) is 13.5. The van der Waals surface area contributed by atoms with Crippen LogP contribution in [0.4, 0.5) is 0 Å². The molecular formula is C16H17NO. The average molecular weight is 239 g/mol. The Hall–Kier alpha value is -1.38. The Morgan fingerprint density at radius 3 is 2.67 bits per heavy atom. The van der Waals surface area contributed by atoms with Crippen LogP contribution in [0.1, 0.15) is 24.0 Å². The minimum absolute atomic E-state index is 0.697. The van der Waals surface area contributed by atoms with Gasteiger partial charge in [0.1, 0.15) is 5.72 Å². The number of rotatable bonds is 0. The van der Waals surface area contributed by atoms with Crippen molar-refractivity contribution in [1.82, 2.24) is 4.90 Å². The van der Waals surface area contributed by atoms with E-state index in [1.165, 1.54) is 16.3 Å². The van der Waals surface area contributed by atoms with Gasteiger partial charge in [-0.1, -0.05) is 30.3 Å². The fraction of sp³-hybridized carbons (Fsp3) is 0.375. The molecule has 1 unspecified atom stereocenters. The molecule has 0 spiro atoms. The van der Waals surface area contributed by atoms with E-state index in [0.29, 0.717) is 0 Å². The zero-order valence-corrected chi connectivity index (χ0v) is 10.4. The summed E-state index contributed by atoms with van der Waals surface area (Å²) < 4.78 is 0. The molecule has 2 aromatic rings. The molecule has 1 fully saturated rings. The van der Waals surface area contributed by atoms with Crippen LogP contribution in [-0.4, -0.2) is 23.1 Å². The summed E-state index contributed by atoms with van der Waals surface area (Å²) in [6, 6.07) is 12.9. The molecule has 1 N–H and O–H groups in total. The summed E-state index contributed by atoms with van der Waals surface area (Å²) in [4.78, 5) is 2.24. The van der Waals surface area contributed by atoms with Crippen LogP contribution in [-0.2, 0) is 12.1 Å². The first-order valence-corrected chi connectivity index (χ1v) is 6.77. The van der Waals surface area contributed by atoms with Crippen LogP contribution in [0.25, 0.3) is 10.8 Å². The monoisotopic (exact) mass is 239 g/mol. The molecule has 2 heterocycles. The lowest BCUT2D eigenvalue weighted by Crippen LogP contribution is -2.46. The number of fused-ring (bicyclic) bond motifs is 4. The largest absolute Gasteiger partial charge is 0.371 e. The predicted octanol–water partition coefficient (Wildman–Crippen LogP) is 2.64. The Labute approximate surface area is 107 Å². The van der Waals surface area contributed by atoms with Gasteiger partial charge >= 0.3 is 0 Å². The lowest BCUT2D eigenvalue weighted by atomic mass is 9.87. The van der Waals surface area contributed by atoms with Gasteiger partial charge in [-0.3, -0.25) is 4.90 Å². The van der Waals surface area contributed by atoms with Crippen LogP contribution in [0.5, 0.6) is 0 Å². The molecule has 2 nitrogen and oxygen atoms in total. The van der Waals surface area contributed by atoms with Crippen molar-refractivity contribution in [3.63, 3.8) is 0 Å². The van der Waals surface area contributed by atoms with E-state index in [4.69, 9.17) is 0 Å². The van der Waals surface area contributed by atoms with E-state index in [1.54, 1.807) is 0 Å². The quantitative estimate of drug-likeness (QED) is 0.764. The summed E-state index contributed by atoms with van der Waals surface area (Å²) >= 11 is 0. The summed E-state index contributed by atoms with van der Waals surface area (Å²) in [5.74, 6) is 0. The van der Waals surface area contributed by atoms with Crippen molar-refractivity contribution >= 4 is 10.8 Å². The number of nitrogens with zero attached hydrogens (tertiary/aromatic N) is 1. The highest BCUT2D eigenvalue weighted by molar-refractivity contribution is 5.84. The maximum absolute atomic E-state index is 10.9. The molecule has 0 aliphatic carbocycles. The summed E-state index contributed by atoms with van der Waals surface area (Å²) in [5.41, 5.74) is 1.77. The van der Waals surface area contributed by atoms with E-state index in [0.717, 1.165) is 37.9 Å². The number of benzene rings is 2. The van der Waals surface area contributed by atoms with Crippen molar-refractivity contribution in [3.8, 4) is 0 Å². The first-order chi connectivity index (χ1) is 8.77. The summed E-state index contributed by atoms with van der Waals surface area (Å²) in [6.45, 7) is 2.02. The second kappa shape index (κ2) is 3.56. The van der Waals surface area contributed by atoms with Crippen molar-refractivity contribution in [1.29, 1.82) is 0 Å². The van der Waals surface area contributed by atoms with E-state index in [-0.39, 0.29) is 0 Å². The third kappa shape index (κ3) is 1.30. The number of aliphatic hydroxyl groups is 1. The normalized spacial score (nSPS) is 27.2. The van der Waals surface area contributed by atoms with E-state index in [1.807, 2.05) is 0 Å². The van der Waals surface area contributed by atoms with Crippen LogP contribution in [0.15, 0.2) is 36.4 Å². The Kier molecular flexibility index (Phi) is 2.08. The Balaban J connectivity index is 1.98. The Morgan fingerprint density at radius 2 is 1.83 bits per heavy atom. The Morgan fingerprint density at radius 1 is 1.06 bits per heavy atom. The first-order valence-electron chi connectivity index (χ1n) is 6.77. The van der Waals surface area contributed by atoms with Crippen LogP contribution in [0.2, 0.25) is 0 Å². The Bertz CT molecular complexity index is 622. The average Bonchev–Trinajstić information content (AvgIpc) is 2.79. The van der Waals surface area contributed by atoms with Gasteiger partial charge in [-0.05, 0) is 41.7 Å². The van der Waals surface area contributed by atoms with Crippen molar-refractivity contribution in [2.75, 3.05) is 13.1 Å². The van der Waals surface area contributed by atoms with Gasteiger partial charge in [0.05, 0.1) is 0 Å². The molecule has 0 radical (unpaired) electrons. The molecule has 18 heavy (non-hydrogen) atoms. The first kappa shape index (κ1) is 10.5. The minimum atomic E-state index is -0.697. The lowest BCUT2D eigenvalue weighted by molar-refractivity contribution is -0.0941. The lowest BCUT2D eigenvalue weighted by Gasteiger charge is -2.39. The van der Waals surface area contributed by atoms with E-state index >= 15 is 0 Å². The van der Waals surface area contributed by atoms with Crippen LogP contribution >= 0.6 is 0 Å². The molecule has 2 heteroatoms. The number of hydrogen-bond acceptors (Lipinski definition) is 2. The van der Waals surface area contributed by atoms with Gasteiger partial charge in [-0.25, -0.2) is 0 Å². The molecule has 2 aliphatic heterocycles. The number of hydrogen-bond donors (Lipinski definition) is 1. The fourth-order valence-corrected chi connectivity index (χ4v) is 3.58. The topological polar surface area (TPSA) is 23.5 Å². The smallest absolute Gasteiger partial charge is 0.144 e. The van der Waals surface area contributed by atoms with Crippen molar-refractivity contribution < 1.29 is 5.11 Å². The standard InChI is InChI=1S/C16H17NO/c18-16-7-3-8-17(16)9-6-14-10-12-4-1-2-5-13(12)11-15(14)16/h1-2,4-5,10-11,18H,3,6-9H2. The van der Waals surface area contributed by atoms with Crippen LogP contribution in [0, 0.1) is 0 Å². The molecular weight excluding hydrogens is 222 g/mol. The van der Waals surface area contributed by atoms with Gasteiger partial charge in [0.2, 0.25) is 0 Å². The van der Waals surface area contributed by atoms with E-state index < -0.39 is 5.72 Å². The third-order valence-corrected chi connectivity index (χ3v) is 4.53. The molecule has 0 bridgehead atoms. The highest BCUT2D eigenvalue weighted by Gasteiger charge is 2.44. The van der Waals surface area contributed by atoms with E-state index in [2.05, 4.69) is 41.3 Å². The zero-order valence-electron chi connectivity index (χ0n) is 10.4. The SMILES string of the molecule is OC12CCCN1CCc1cc3ccccc3cc12. The fourth-order valence-electron chi connectivity index (χ4n) is 3.58. The van der Waals surface area contributed by atoms with Crippen LogP contribution in [0.3, 0.4) is 0 Å². The molecule has 1 atom stereocenters. The molecule has 1 saturated heterocycles. The summed E-state index contributed by atoms with van der Waals surface area (Å²) in [7, 11) is 0. The molecule has 92 valence electrons. The molecule has 2 aliphatic rings. The minimum Gasteiger partial charge on any atom is -0.371 e. The van der Waals surface area contributed by atoms with E-state index in [9.17, 15) is 5.11 Å². The summed E-state index contributed by atoms with van der Waals surface area (Å²) in [6.07, 6.45) is 3.03. The van der Waals surface area contributed by atoms with Gasteiger partial charge in [-0.2, -0.15) is 0 Å². The predicted molar refractivity (Wildman–Crippen MR) is 72.4 cm³/mol. The highest BCUT2D eigenvalue weighted by atomic mass is 16.3. The van der Waals surface area contributed by atoms with Gasteiger partial charge in [0.15, 0.2) is 0 Å². The second-order valence-electron chi connectivity index (χ2n) is 5.51. The molecule has 4 rings (SSSR count). The van der Waals surface area contributed by atoms with Gasteiger partial charge in [0, 0.05) is 18.7 Å². The maximum atomic E-state index is 10.9. The van der Waals surface area contributed by atoms with Crippen molar-refractivity contribution in [2.45, 2.75) is 25.0 Å². The zero-order chi connectivity index (χ0) is 12.2. The van der Waals surface area contributed by atoms with Gasteiger partial charge in [0.25, 0.3) is 0 Å². The van der Waals surface area contributed by atoms with Crippen molar-refractivity contribution in [2.24, 2.45) is 0 Å². The second-order valence-corrected chi connectivity index (χ2v) is 5.51. The molecule has 2 aromatic carbocycles. The van der Waals surface area contributed by atoms with Gasteiger partial charge < -0.3 is 5.11 Å². The maximum Gasteiger partial charge on any atom is 0.144 e.